The Morgan fingerprint density at radius 1 is 1.08 bits per heavy atom. The van der Waals surface area contributed by atoms with Crippen molar-refractivity contribution in [3.05, 3.63) is 83.2 Å². The summed E-state index contributed by atoms with van der Waals surface area (Å²) >= 11 is 0. The second kappa shape index (κ2) is 6.89. The Morgan fingerprint density at radius 2 is 1.72 bits per heavy atom. The molecule has 1 unspecified atom stereocenters. The highest BCUT2D eigenvalue weighted by atomic mass is 19.1. The van der Waals surface area contributed by atoms with Gasteiger partial charge in [-0.15, -0.1) is 0 Å². The molecule has 1 aromatic heterocycles. The molecule has 0 aliphatic carbocycles. The Bertz CT molecular complexity index is 885. The lowest BCUT2D eigenvalue weighted by atomic mass is 10.1. The van der Waals surface area contributed by atoms with E-state index in [2.05, 4.69) is 10.3 Å². The number of halogens is 1. The Balaban J connectivity index is 1.84. The third-order valence-electron chi connectivity index (χ3n) is 4.22. The monoisotopic (exact) mass is 337 g/mol. The van der Waals surface area contributed by atoms with Crippen LogP contribution in [0.25, 0.3) is 5.69 Å². The van der Waals surface area contributed by atoms with E-state index in [0.29, 0.717) is 5.69 Å². The highest BCUT2D eigenvalue weighted by molar-refractivity contribution is 5.94. The van der Waals surface area contributed by atoms with E-state index in [0.717, 1.165) is 22.8 Å². The predicted octanol–water partition coefficient (Wildman–Crippen LogP) is 4.12. The Labute approximate surface area is 146 Å². The lowest BCUT2D eigenvalue weighted by molar-refractivity contribution is 0.0934. The van der Waals surface area contributed by atoms with Crippen LogP contribution in [0.3, 0.4) is 0 Å². The first-order chi connectivity index (χ1) is 12.0. The maximum Gasteiger partial charge on any atom is 0.272 e. The van der Waals surface area contributed by atoms with Crippen LogP contribution < -0.4 is 5.32 Å². The molecule has 1 atom stereocenters. The molecule has 2 aromatic carbocycles. The van der Waals surface area contributed by atoms with Crippen molar-refractivity contribution < 1.29 is 9.18 Å². The number of rotatable bonds is 4. The fraction of sp³-hybridized carbons (Fsp3) is 0.200. The molecule has 25 heavy (non-hydrogen) atoms. The maximum absolute atomic E-state index is 13.0. The quantitative estimate of drug-likeness (QED) is 0.778. The van der Waals surface area contributed by atoms with E-state index in [1.54, 1.807) is 12.1 Å². The van der Waals surface area contributed by atoms with Gasteiger partial charge >= 0.3 is 0 Å². The van der Waals surface area contributed by atoms with Gasteiger partial charge < -0.3 is 9.88 Å². The molecule has 1 amide bonds. The van der Waals surface area contributed by atoms with E-state index in [1.165, 1.54) is 12.1 Å². The molecule has 0 fully saturated rings. The van der Waals surface area contributed by atoms with Crippen LogP contribution in [0, 0.1) is 19.7 Å². The van der Waals surface area contributed by atoms with Gasteiger partial charge in [0.2, 0.25) is 0 Å². The summed E-state index contributed by atoms with van der Waals surface area (Å²) in [5, 5.41) is 2.93. The van der Waals surface area contributed by atoms with E-state index >= 15 is 0 Å². The molecule has 0 aliphatic heterocycles. The van der Waals surface area contributed by atoms with Crippen LogP contribution in [-0.4, -0.2) is 15.5 Å². The van der Waals surface area contributed by atoms with Crippen molar-refractivity contribution in [3.63, 3.8) is 0 Å². The van der Waals surface area contributed by atoms with Crippen molar-refractivity contribution in [1.29, 1.82) is 0 Å². The minimum atomic E-state index is -0.296. The molecular formula is C20H20FN3O. The van der Waals surface area contributed by atoms with Gasteiger partial charge in [0.05, 0.1) is 11.7 Å². The maximum atomic E-state index is 13.0. The van der Waals surface area contributed by atoms with Gasteiger partial charge in [-0.1, -0.05) is 30.3 Å². The summed E-state index contributed by atoms with van der Waals surface area (Å²) in [6.07, 6.45) is 0. The standard InChI is InChI=1S/C20H20FN3O/c1-13(16-9-11-17(21)12-10-16)22-20(25)19-14(2)24(15(3)23-19)18-7-5-4-6-8-18/h4-13H,1-3H3,(H,22,25). The molecule has 1 N–H and O–H groups in total. The summed E-state index contributed by atoms with van der Waals surface area (Å²) in [4.78, 5) is 17.1. The zero-order chi connectivity index (χ0) is 18.0. The first-order valence-electron chi connectivity index (χ1n) is 8.15. The highest BCUT2D eigenvalue weighted by Crippen LogP contribution is 2.19. The number of hydrogen-bond donors (Lipinski definition) is 1. The van der Waals surface area contributed by atoms with Gasteiger partial charge in [-0.25, -0.2) is 9.37 Å². The Morgan fingerprint density at radius 3 is 2.36 bits per heavy atom. The van der Waals surface area contributed by atoms with E-state index in [-0.39, 0.29) is 17.8 Å². The third-order valence-corrected chi connectivity index (χ3v) is 4.22. The van der Waals surface area contributed by atoms with Crippen molar-refractivity contribution in [3.8, 4) is 5.69 Å². The first kappa shape index (κ1) is 16.9. The van der Waals surface area contributed by atoms with Gasteiger partial charge in [0.15, 0.2) is 0 Å². The summed E-state index contributed by atoms with van der Waals surface area (Å²) in [6.45, 7) is 5.62. The number of aromatic nitrogens is 2. The number of carbonyl (C=O) groups excluding carboxylic acids is 1. The van der Waals surface area contributed by atoms with Crippen LogP contribution >= 0.6 is 0 Å². The number of para-hydroxylation sites is 1. The third kappa shape index (κ3) is 3.45. The minimum Gasteiger partial charge on any atom is -0.344 e. The summed E-state index contributed by atoms with van der Waals surface area (Å²) in [5.41, 5.74) is 2.99. The van der Waals surface area contributed by atoms with Crippen molar-refractivity contribution in [2.24, 2.45) is 0 Å². The topological polar surface area (TPSA) is 46.9 Å². The first-order valence-corrected chi connectivity index (χ1v) is 8.15. The molecule has 0 aliphatic rings. The Kier molecular flexibility index (Phi) is 4.65. The van der Waals surface area contributed by atoms with Gasteiger partial charge in [0.25, 0.3) is 5.91 Å². The second-order valence-corrected chi connectivity index (χ2v) is 6.01. The van der Waals surface area contributed by atoms with E-state index in [1.807, 2.05) is 55.7 Å². The van der Waals surface area contributed by atoms with Gasteiger partial charge in [0, 0.05) is 5.69 Å². The van der Waals surface area contributed by atoms with E-state index < -0.39 is 0 Å². The van der Waals surface area contributed by atoms with Crippen LogP contribution in [0.5, 0.6) is 0 Å². The SMILES string of the molecule is Cc1nc(C(=O)NC(C)c2ccc(F)cc2)c(C)n1-c1ccccc1. The smallest absolute Gasteiger partial charge is 0.272 e. The lowest BCUT2D eigenvalue weighted by Crippen LogP contribution is -2.27. The molecular weight excluding hydrogens is 317 g/mol. The number of imidazole rings is 1. The normalized spacial score (nSPS) is 12.0. The second-order valence-electron chi connectivity index (χ2n) is 6.01. The van der Waals surface area contributed by atoms with Gasteiger partial charge in [-0.3, -0.25) is 4.79 Å². The van der Waals surface area contributed by atoms with Gasteiger partial charge in [-0.2, -0.15) is 0 Å². The number of benzene rings is 2. The highest BCUT2D eigenvalue weighted by Gasteiger charge is 2.20. The average molecular weight is 337 g/mol. The molecule has 128 valence electrons. The average Bonchev–Trinajstić information content (AvgIpc) is 2.90. The van der Waals surface area contributed by atoms with Crippen LogP contribution in [0.2, 0.25) is 0 Å². The minimum absolute atomic E-state index is 0.241. The van der Waals surface area contributed by atoms with Gasteiger partial charge in [-0.05, 0) is 50.6 Å². The van der Waals surface area contributed by atoms with E-state index in [9.17, 15) is 9.18 Å². The molecule has 0 radical (unpaired) electrons. The lowest BCUT2D eigenvalue weighted by Gasteiger charge is -2.14. The summed E-state index contributed by atoms with van der Waals surface area (Å²) in [5.74, 6) is 0.214. The van der Waals surface area contributed by atoms with Crippen molar-refractivity contribution in [1.82, 2.24) is 14.9 Å². The number of carbonyl (C=O) groups is 1. The number of amides is 1. The van der Waals surface area contributed by atoms with Crippen molar-refractivity contribution in [2.45, 2.75) is 26.8 Å². The largest absolute Gasteiger partial charge is 0.344 e. The number of hydrogen-bond acceptors (Lipinski definition) is 2. The molecule has 0 bridgehead atoms. The number of aryl methyl sites for hydroxylation is 1. The Hall–Kier alpha value is -2.95. The molecule has 0 spiro atoms. The fourth-order valence-corrected chi connectivity index (χ4v) is 2.91. The van der Waals surface area contributed by atoms with Crippen LogP contribution in [0.1, 0.15) is 40.5 Å². The number of nitrogens with one attached hydrogen (secondary N) is 1. The van der Waals surface area contributed by atoms with Crippen molar-refractivity contribution >= 4 is 5.91 Å². The van der Waals surface area contributed by atoms with Crippen LogP contribution in [-0.2, 0) is 0 Å². The van der Waals surface area contributed by atoms with Crippen LogP contribution in [0.15, 0.2) is 54.6 Å². The molecule has 3 aromatic rings. The van der Waals surface area contributed by atoms with E-state index in [4.69, 9.17) is 0 Å². The zero-order valence-corrected chi connectivity index (χ0v) is 14.5. The molecule has 5 heteroatoms. The summed E-state index contributed by atoms with van der Waals surface area (Å²) in [7, 11) is 0. The number of nitrogens with zero attached hydrogens (tertiary/aromatic N) is 2. The molecule has 4 nitrogen and oxygen atoms in total. The molecule has 0 saturated carbocycles. The van der Waals surface area contributed by atoms with Crippen LogP contribution in [0.4, 0.5) is 4.39 Å². The summed E-state index contributed by atoms with van der Waals surface area (Å²) < 4.78 is 15.0. The molecule has 3 rings (SSSR count). The van der Waals surface area contributed by atoms with Crippen molar-refractivity contribution in [2.75, 3.05) is 0 Å². The summed E-state index contributed by atoms with van der Waals surface area (Å²) in [6, 6.07) is 15.7. The zero-order valence-electron chi connectivity index (χ0n) is 14.5. The molecule has 0 saturated heterocycles. The van der Waals surface area contributed by atoms with Gasteiger partial charge in [0.1, 0.15) is 17.3 Å². The molecule has 1 heterocycles. The predicted molar refractivity (Wildman–Crippen MR) is 95.3 cm³/mol. The fourth-order valence-electron chi connectivity index (χ4n) is 2.91.